The number of rotatable bonds is 7. The van der Waals surface area contributed by atoms with Gasteiger partial charge in [0.2, 0.25) is 5.95 Å². The highest BCUT2D eigenvalue weighted by Crippen LogP contribution is 2.23. The second-order valence-electron chi connectivity index (χ2n) is 6.49. The average molecular weight is 387 g/mol. The van der Waals surface area contributed by atoms with E-state index >= 15 is 0 Å². The number of amides is 1. The number of para-hydroxylation sites is 3. The van der Waals surface area contributed by atoms with Crippen molar-refractivity contribution in [3.05, 3.63) is 78.2 Å². The van der Waals surface area contributed by atoms with Gasteiger partial charge >= 0.3 is 0 Å². The number of carbonyl (C=O) groups excluding carboxylic acids is 1. The Kier molecular flexibility index (Phi) is 5.38. The van der Waals surface area contributed by atoms with E-state index in [1.54, 1.807) is 19.2 Å². The number of benzene rings is 2. The van der Waals surface area contributed by atoms with Crippen molar-refractivity contribution >= 4 is 28.4 Å². The molecule has 2 aromatic heterocycles. The minimum Gasteiger partial charge on any atom is -0.495 e. The molecule has 146 valence electrons. The maximum atomic E-state index is 12.4. The van der Waals surface area contributed by atoms with Gasteiger partial charge in [-0.2, -0.15) is 0 Å². The van der Waals surface area contributed by atoms with E-state index in [1.165, 1.54) is 23.3 Å². The van der Waals surface area contributed by atoms with Crippen LogP contribution < -0.4 is 15.4 Å². The first-order valence-corrected chi connectivity index (χ1v) is 9.30. The molecule has 2 aromatic carbocycles. The lowest BCUT2D eigenvalue weighted by atomic mass is 10.1. The largest absolute Gasteiger partial charge is 0.495 e. The van der Waals surface area contributed by atoms with Crippen LogP contribution in [0.3, 0.4) is 0 Å². The fourth-order valence-corrected chi connectivity index (χ4v) is 3.13. The Balaban J connectivity index is 1.34. The molecule has 0 atom stereocenters. The summed E-state index contributed by atoms with van der Waals surface area (Å²) in [5, 5.41) is 7.22. The standard InChI is InChI=1S/C22H21N5O2/c1-29-20-9-5-4-8-19(20)27-21(28)16-13-25-22(26-14-16)23-11-10-15-12-24-18-7-3-2-6-17(15)18/h2-9,12-14,24H,10-11H2,1H3,(H,27,28)(H,23,25,26). The Morgan fingerprint density at radius 3 is 2.66 bits per heavy atom. The van der Waals surface area contributed by atoms with E-state index in [1.807, 2.05) is 30.5 Å². The third kappa shape index (κ3) is 4.19. The third-order valence-electron chi connectivity index (χ3n) is 4.62. The molecule has 0 saturated heterocycles. The number of anilines is 2. The van der Waals surface area contributed by atoms with Gasteiger partial charge < -0.3 is 20.4 Å². The number of aromatic nitrogens is 3. The van der Waals surface area contributed by atoms with Crippen LogP contribution in [0.2, 0.25) is 0 Å². The van der Waals surface area contributed by atoms with Crippen LogP contribution in [0.15, 0.2) is 67.1 Å². The monoisotopic (exact) mass is 387 g/mol. The molecule has 0 aliphatic heterocycles. The van der Waals surface area contributed by atoms with Gasteiger partial charge in [-0.25, -0.2) is 9.97 Å². The van der Waals surface area contributed by atoms with Crippen molar-refractivity contribution in [1.82, 2.24) is 15.0 Å². The van der Waals surface area contributed by atoms with E-state index in [0.29, 0.717) is 29.5 Å². The van der Waals surface area contributed by atoms with Gasteiger partial charge in [-0.3, -0.25) is 4.79 Å². The van der Waals surface area contributed by atoms with Crippen LogP contribution in [0.4, 0.5) is 11.6 Å². The van der Waals surface area contributed by atoms with E-state index in [4.69, 9.17) is 4.74 Å². The molecule has 1 amide bonds. The molecule has 7 heteroatoms. The molecule has 0 radical (unpaired) electrons. The first-order valence-electron chi connectivity index (χ1n) is 9.30. The quantitative estimate of drug-likeness (QED) is 0.448. The molecule has 4 rings (SSSR count). The minimum atomic E-state index is -0.292. The van der Waals surface area contributed by atoms with E-state index in [-0.39, 0.29) is 5.91 Å². The molecule has 0 fully saturated rings. The zero-order chi connectivity index (χ0) is 20.1. The van der Waals surface area contributed by atoms with E-state index < -0.39 is 0 Å². The second kappa shape index (κ2) is 8.43. The molecule has 0 bridgehead atoms. The molecule has 7 nitrogen and oxygen atoms in total. The summed E-state index contributed by atoms with van der Waals surface area (Å²) in [6.07, 6.45) is 5.87. The smallest absolute Gasteiger partial charge is 0.258 e. The van der Waals surface area contributed by atoms with Gasteiger partial charge in [0.25, 0.3) is 5.91 Å². The molecule has 2 heterocycles. The Morgan fingerprint density at radius 1 is 1.07 bits per heavy atom. The first kappa shape index (κ1) is 18.5. The Morgan fingerprint density at radius 2 is 1.83 bits per heavy atom. The lowest BCUT2D eigenvalue weighted by molar-refractivity contribution is 0.102. The zero-order valence-electron chi connectivity index (χ0n) is 16.0. The van der Waals surface area contributed by atoms with Crippen LogP contribution in [0.1, 0.15) is 15.9 Å². The van der Waals surface area contributed by atoms with Crippen molar-refractivity contribution in [1.29, 1.82) is 0 Å². The van der Waals surface area contributed by atoms with E-state index in [0.717, 1.165) is 11.9 Å². The second-order valence-corrected chi connectivity index (χ2v) is 6.49. The Bertz CT molecular complexity index is 1120. The van der Waals surface area contributed by atoms with Gasteiger partial charge in [-0.15, -0.1) is 0 Å². The Labute approximate surface area is 168 Å². The molecule has 0 saturated carbocycles. The maximum absolute atomic E-state index is 12.4. The van der Waals surface area contributed by atoms with Crippen molar-refractivity contribution in [2.45, 2.75) is 6.42 Å². The first-order chi connectivity index (χ1) is 14.2. The number of carbonyl (C=O) groups is 1. The topological polar surface area (TPSA) is 91.9 Å². The van der Waals surface area contributed by atoms with Crippen molar-refractivity contribution in [3.8, 4) is 5.75 Å². The van der Waals surface area contributed by atoms with Crippen LogP contribution in [0.25, 0.3) is 10.9 Å². The van der Waals surface area contributed by atoms with E-state index in [2.05, 4.69) is 37.7 Å². The van der Waals surface area contributed by atoms with Crippen molar-refractivity contribution in [3.63, 3.8) is 0 Å². The number of hydrogen-bond donors (Lipinski definition) is 3. The summed E-state index contributed by atoms with van der Waals surface area (Å²) in [7, 11) is 1.56. The molecule has 0 aliphatic carbocycles. The number of methoxy groups -OCH3 is 1. The van der Waals surface area contributed by atoms with Crippen LogP contribution in [0, 0.1) is 0 Å². The summed E-state index contributed by atoms with van der Waals surface area (Å²) in [6.45, 7) is 0.689. The van der Waals surface area contributed by atoms with Gasteiger partial charge in [0.1, 0.15) is 5.75 Å². The average Bonchev–Trinajstić information content (AvgIpc) is 3.18. The highest BCUT2D eigenvalue weighted by atomic mass is 16.5. The molecule has 0 aliphatic rings. The summed E-state index contributed by atoms with van der Waals surface area (Å²) in [5.74, 6) is 0.788. The van der Waals surface area contributed by atoms with Gasteiger partial charge in [-0.05, 0) is 30.2 Å². The summed E-state index contributed by atoms with van der Waals surface area (Å²) >= 11 is 0. The fraction of sp³-hybridized carbons (Fsp3) is 0.136. The number of nitrogens with one attached hydrogen (secondary N) is 3. The summed E-state index contributed by atoms with van der Waals surface area (Å²) in [4.78, 5) is 24.2. The van der Waals surface area contributed by atoms with Crippen molar-refractivity contribution < 1.29 is 9.53 Å². The van der Waals surface area contributed by atoms with Gasteiger partial charge in [-0.1, -0.05) is 30.3 Å². The number of ether oxygens (including phenoxy) is 1. The van der Waals surface area contributed by atoms with Crippen LogP contribution in [-0.2, 0) is 6.42 Å². The van der Waals surface area contributed by atoms with E-state index in [9.17, 15) is 4.79 Å². The zero-order valence-corrected chi connectivity index (χ0v) is 16.0. The van der Waals surface area contributed by atoms with Crippen LogP contribution in [0.5, 0.6) is 5.75 Å². The number of nitrogens with zero attached hydrogens (tertiary/aromatic N) is 2. The minimum absolute atomic E-state index is 0.292. The fourth-order valence-electron chi connectivity index (χ4n) is 3.13. The molecule has 0 unspecified atom stereocenters. The number of fused-ring (bicyclic) bond motifs is 1. The highest BCUT2D eigenvalue weighted by Gasteiger charge is 2.10. The van der Waals surface area contributed by atoms with Crippen molar-refractivity contribution in [2.75, 3.05) is 24.3 Å². The summed E-state index contributed by atoms with van der Waals surface area (Å²) in [5.41, 5.74) is 3.34. The number of hydrogen-bond acceptors (Lipinski definition) is 5. The molecule has 3 N–H and O–H groups in total. The SMILES string of the molecule is COc1ccccc1NC(=O)c1cnc(NCCc2c[nH]c3ccccc23)nc1. The predicted octanol–water partition coefficient (Wildman–Crippen LogP) is 3.87. The lowest BCUT2D eigenvalue weighted by Gasteiger charge is -2.10. The van der Waals surface area contributed by atoms with Crippen LogP contribution in [-0.4, -0.2) is 34.5 Å². The van der Waals surface area contributed by atoms with Crippen LogP contribution >= 0.6 is 0 Å². The van der Waals surface area contributed by atoms with Crippen molar-refractivity contribution in [2.24, 2.45) is 0 Å². The predicted molar refractivity (Wildman–Crippen MR) is 113 cm³/mol. The Hall–Kier alpha value is -3.87. The summed E-state index contributed by atoms with van der Waals surface area (Å²) < 4.78 is 5.24. The molecular formula is C22H21N5O2. The molecule has 4 aromatic rings. The maximum Gasteiger partial charge on any atom is 0.258 e. The third-order valence-corrected chi connectivity index (χ3v) is 4.62. The highest BCUT2D eigenvalue weighted by molar-refractivity contribution is 6.04. The lowest BCUT2D eigenvalue weighted by Crippen LogP contribution is -2.14. The molecule has 29 heavy (non-hydrogen) atoms. The molecule has 0 spiro atoms. The normalized spacial score (nSPS) is 10.7. The summed E-state index contributed by atoms with van der Waals surface area (Å²) in [6, 6.07) is 15.4. The molecular weight excluding hydrogens is 366 g/mol. The van der Waals surface area contributed by atoms with Gasteiger partial charge in [0.15, 0.2) is 0 Å². The van der Waals surface area contributed by atoms with Gasteiger partial charge in [0.05, 0.1) is 18.4 Å². The number of aromatic amines is 1. The number of H-pyrrole nitrogens is 1. The van der Waals surface area contributed by atoms with Gasteiger partial charge in [0, 0.05) is 36.0 Å².